The minimum Gasteiger partial charge on any atom is -0.274 e. The Balaban J connectivity index is 0.000000220. The third-order valence-corrected chi connectivity index (χ3v) is 3.25. The Morgan fingerprint density at radius 1 is 0.500 bits per heavy atom. The minimum absolute atomic E-state index is 0.210. The molecule has 0 aromatic heterocycles. The van der Waals surface area contributed by atoms with Gasteiger partial charge in [-0.15, -0.1) is 0 Å². The molecule has 2 saturated heterocycles. The van der Waals surface area contributed by atoms with Crippen molar-refractivity contribution >= 4 is 35.7 Å². The van der Waals surface area contributed by atoms with Crippen molar-refractivity contribution in [2.45, 2.75) is 12.8 Å². The van der Waals surface area contributed by atoms with Crippen molar-refractivity contribution in [1.29, 1.82) is 0 Å². The second-order valence-corrected chi connectivity index (χ2v) is 4.73. The van der Waals surface area contributed by atoms with Crippen LogP contribution in [0.1, 0.15) is 12.8 Å². The van der Waals surface area contributed by atoms with Gasteiger partial charge in [0.05, 0.1) is 0 Å². The molecule has 2 rings (SSSR count). The average Bonchev–Trinajstić information content (AvgIpc) is 2.47. The van der Waals surface area contributed by atoms with Crippen LogP contribution in [-0.4, -0.2) is 83.5 Å². The van der Waals surface area contributed by atoms with E-state index in [0.29, 0.717) is 0 Å². The fraction of sp³-hybridized carbons (Fsp3) is 0.500. The predicted molar refractivity (Wildman–Crippen MR) is 71.1 cm³/mol. The molecule has 0 spiro atoms. The molecule has 0 aliphatic carbocycles. The summed E-state index contributed by atoms with van der Waals surface area (Å²) in [6.07, 6.45) is -0.419. The van der Waals surface area contributed by atoms with Crippen molar-refractivity contribution in [3.63, 3.8) is 0 Å². The van der Waals surface area contributed by atoms with Crippen LogP contribution in [0.2, 0.25) is 0 Å². The number of barbiturate groups is 2. The number of urea groups is 2. The summed E-state index contributed by atoms with van der Waals surface area (Å²) in [6, 6.07) is -1.13. The van der Waals surface area contributed by atoms with Crippen LogP contribution in [-0.2, 0) is 19.2 Å². The lowest BCUT2D eigenvalue weighted by atomic mass is 10.3. The lowest BCUT2D eigenvalue weighted by molar-refractivity contribution is -0.142. The first-order valence-electron chi connectivity index (χ1n) is 6.22. The molecule has 0 saturated carbocycles. The topological polar surface area (TPSA) is 115 Å². The predicted octanol–water partition coefficient (Wildman–Crippen LogP) is -1.15. The van der Waals surface area contributed by atoms with E-state index < -0.39 is 35.7 Å². The van der Waals surface area contributed by atoms with Gasteiger partial charge >= 0.3 is 12.1 Å². The lowest BCUT2D eigenvalue weighted by Crippen LogP contribution is -2.51. The summed E-state index contributed by atoms with van der Waals surface area (Å²) in [7, 11) is 5.42. The van der Waals surface area contributed by atoms with Crippen molar-refractivity contribution < 1.29 is 28.8 Å². The van der Waals surface area contributed by atoms with Gasteiger partial charge in [-0.05, 0) is 0 Å². The Hall–Kier alpha value is -2.78. The standard InChI is InChI=1S/2C6H8N2O3/c2*1-7-4(9)3-5(10)8(2)6(7)11/h2*3H2,1-2H3. The second kappa shape index (κ2) is 6.33. The van der Waals surface area contributed by atoms with Crippen LogP contribution in [0.25, 0.3) is 0 Å². The zero-order valence-corrected chi connectivity index (χ0v) is 12.7. The van der Waals surface area contributed by atoms with Gasteiger partial charge in [0, 0.05) is 28.2 Å². The zero-order chi connectivity index (χ0) is 17.2. The monoisotopic (exact) mass is 312 g/mol. The molecule has 0 N–H and O–H groups in total. The van der Waals surface area contributed by atoms with E-state index in [0.717, 1.165) is 19.6 Å². The van der Waals surface area contributed by atoms with Crippen molar-refractivity contribution in [3.05, 3.63) is 0 Å². The van der Waals surface area contributed by atoms with Gasteiger partial charge in [0.25, 0.3) is 0 Å². The van der Waals surface area contributed by atoms with Crippen LogP contribution < -0.4 is 0 Å². The van der Waals surface area contributed by atoms with Gasteiger partial charge in [-0.3, -0.25) is 38.8 Å². The number of imide groups is 4. The van der Waals surface area contributed by atoms with E-state index in [9.17, 15) is 28.8 Å². The molecule has 0 unspecified atom stereocenters. The van der Waals surface area contributed by atoms with Crippen LogP contribution >= 0.6 is 0 Å². The summed E-state index contributed by atoms with van der Waals surface area (Å²) in [5, 5.41) is 0. The maximum absolute atomic E-state index is 11.0. The van der Waals surface area contributed by atoms with Crippen molar-refractivity contribution in [3.8, 4) is 0 Å². The van der Waals surface area contributed by atoms with E-state index in [4.69, 9.17) is 0 Å². The maximum Gasteiger partial charge on any atom is 0.332 e. The van der Waals surface area contributed by atoms with Crippen molar-refractivity contribution in [2.75, 3.05) is 28.2 Å². The fourth-order valence-electron chi connectivity index (χ4n) is 1.61. The van der Waals surface area contributed by atoms with Gasteiger partial charge in [0.2, 0.25) is 23.6 Å². The molecular weight excluding hydrogens is 296 g/mol. The molecule has 0 bridgehead atoms. The first-order chi connectivity index (χ1) is 10.1. The molecule has 10 heteroatoms. The molecule has 2 aliphatic rings. The van der Waals surface area contributed by atoms with E-state index in [-0.39, 0.29) is 12.8 Å². The molecule has 8 amide bonds. The van der Waals surface area contributed by atoms with Crippen LogP contribution in [0.4, 0.5) is 9.59 Å². The Morgan fingerprint density at radius 3 is 0.864 bits per heavy atom. The van der Waals surface area contributed by atoms with E-state index >= 15 is 0 Å². The van der Waals surface area contributed by atoms with E-state index in [1.807, 2.05) is 0 Å². The SMILES string of the molecule is CN1C(=O)CC(=O)N(C)C1=O.CN1C(=O)CC(=O)N(C)C1=O. The average molecular weight is 312 g/mol. The highest BCUT2D eigenvalue weighted by Crippen LogP contribution is 2.07. The van der Waals surface area contributed by atoms with Gasteiger partial charge in [0.1, 0.15) is 12.8 Å². The Morgan fingerprint density at radius 2 is 0.682 bits per heavy atom. The number of nitrogens with zero attached hydrogens (tertiary/aromatic N) is 4. The number of carbonyl (C=O) groups excluding carboxylic acids is 6. The summed E-state index contributed by atoms with van der Waals surface area (Å²) in [4.78, 5) is 68.9. The van der Waals surface area contributed by atoms with Gasteiger partial charge in [-0.2, -0.15) is 0 Å². The van der Waals surface area contributed by atoms with Gasteiger partial charge < -0.3 is 0 Å². The molecule has 10 nitrogen and oxygen atoms in total. The maximum atomic E-state index is 11.0. The van der Waals surface area contributed by atoms with Crippen molar-refractivity contribution in [1.82, 2.24) is 19.6 Å². The fourth-order valence-corrected chi connectivity index (χ4v) is 1.61. The van der Waals surface area contributed by atoms with Crippen LogP contribution in [0.15, 0.2) is 0 Å². The summed E-state index contributed by atoms with van der Waals surface area (Å²) in [6.45, 7) is 0. The van der Waals surface area contributed by atoms with Gasteiger partial charge in [-0.25, -0.2) is 9.59 Å². The third kappa shape index (κ3) is 3.27. The quantitative estimate of drug-likeness (QED) is 0.522. The number of carbonyl (C=O) groups is 6. The molecular formula is C12H16N4O6. The normalized spacial score (nSPS) is 19.6. The molecule has 22 heavy (non-hydrogen) atoms. The van der Waals surface area contributed by atoms with E-state index in [1.165, 1.54) is 28.2 Å². The number of rotatable bonds is 0. The molecule has 0 atom stereocenters. The summed E-state index contributed by atoms with van der Waals surface area (Å²) in [5.41, 5.74) is 0. The highest BCUT2D eigenvalue weighted by molar-refractivity contribution is 6.14. The Labute approximate surface area is 126 Å². The molecule has 2 fully saturated rings. The number of hydrogen-bond acceptors (Lipinski definition) is 6. The number of amides is 8. The first kappa shape index (κ1) is 17.3. The Kier molecular flexibility index (Phi) is 4.97. The van der Waals surface area contributed by atoms with Crippen LogP contribution in [0.5, 0.6) is 0 Å². The molecule has 0 aromatic carbocycles. The molecule has 120 valence electrons. The first-order valence-corrected chi connectivity index (χ1v) is 6.22. The van der Waals surface area contributed by atoms with Crippen LogP contribution in [0.3, 0.4) is 0 Å². The minimum atomic E-state index is -0.564. The number of hydrogen-bond donors (Lipinski definition) is 0. The van der Waals surface area contributed by atoms with E-state index in [2.05, 4.69) is 0 Å². The third-order valence-electron chi connectivity index (χ3n) is 3.25. The summed E-state index contributed by atoms with van der Waals surface area (Å²) >= 11 is 0. The Bertz CT molecular complexity index is 478. The zero-order valence-electron chi connectivity index (χ0n) is 12.7. The van der Waals surface area contributed by atoms with Gasteiger partial charge in [-0.1, -0.05) is 0 Å². The highest BCUT2D eigenvalue weighted by atomic mass is 16.2. The summed E-state index contributed by atoms with van der Waals surface area (Å²) < 4.78 is 0. The van der Waals surface area contributed by atoms with Crippen molar-refractivity contribution in [2.24, 2.45) is 0 Å². The molecule has 0 aromatic rings. The van der Waals surface area contributed by atoms with Crippen LogP contribution in [0, 0.1) is 0 Å². The second-order valence-electron chi connectivity index (χ2n) is 4.73. The van der Waals surface area contributed by atoms with Gasteiger partial charge in [0.15, 0.2) is 0 Å². The van der Waals surface area contributed by atoms with E-state index in [1.54, 1.807) is 0 Å². The summed E-state index contributed by atoms with van der Waals surface area (Å²) in [5.74, 6) is -1.78. The molecule has 2 heterocycles. The smallest absolute Gasteiger partial charge is 0.274 e. The molecule has 0 radical (unpaired) electrons. The highest BCUT2D eigenvalue weighted by Gasteiger charge is 2.33. The largest absolute Gasteiger partial charge is 0.332 e. The molecule has 2 aliphatic heterocycles. The lowest BCUT2D eigenvalue weighted by Gasteiger charge is -2.26.